The van der Waals surface area contributed by atoms with Gasteiger partial charge in [-0.05, 0) is 19.4 Å². The van der Waals surface area contributed by atoms with Crippen LogP contribution >= 0.6 is 0 Å². The van der Waals surface area contributed by atoms with E-state index in [2.05, 4.69) is 0 Å². The first-order valence-electron chi connectivity index (χ1n) is 6.26. The third-order valence-electron chi connectivity index (χ3n) is 3.09. The van der Waals surface area contributed by atoms with Gasteiger partial charge >= 0.3 is 0 Å². The van der Waals surface area contributed by atoms with Crippen LogP contribution in [0.15, 0.2) is 30.3 Å². The Hall–Kier alpha value is -1.81. The number of hydrogen-bond donors (Lipinski definition) is 1. The van der Waals surface area contributed by atoms with E-state index in [0.29, 0.717) is 12.1 Å². The van der Waals surface area contributed by atoms with Crippen LogP contribution in [0, 0.1) is 31.3 Å². The zero-order valence-corrected chi connectivity index (χ0v) is 11.3. The van der Waals surface area contributed by atoms with Crippen LogP contribution in [0.1, 0.15) is 28.4 Å². The van der Waals surface area contributed by atoms with Gasteiger partial charge in [-0.3, -0.25) is 0 Å². The van der Waals surface area contributed by atoms with Gasteiger partial charge in [-0.2, -0.15) is 0 Å². The van der Waals surface area contributed by atoms with E-state index in [9.17, 15) is 18.3 Å². The summed E-state index contributed by atoms with van der Waals surface area (Å²) in [5, 5.41) is 10.0. The third-order valence-corrected chi connectivity index (χ3v) is 3.09. The van der Waals surface area contributed by atoms with Crippen LogP contribution in [0.5, 0.6) is 0 Å². The molecule has 0 spiro atoms. The van der Waals surface area contributed by atoms with Crippen molar-refractivity contribution in [3.05, 3.63) is 70.0 Å². The molecule has 0 heterocycles. The van der Waals surface area contributed by atoms with E-state index in [1.807, 2.05) is 32.0 Å². The van der Waals surface area contributed by atoms with Crippen molar-refractivity contribution in [1.29, 1.82) is 0 Å². The minimum atomic E-state index is -1.35. The Bertz CT molecular complexity index is 594. The zero-order chi connectivity index (χ0) is 14.9. The molecule has 4 heteroatoms. The highest BCUT2D eigenvalue weighted by atomic mass is 19.1. The molecule has 1 N–H and O–H groups in total. The van der Waals surface area contributed by atoms with Gasteiger partial charge in [-0.25, -0.2) is 13.2 Å². The molecular weight excluding hydrogens is 265 g/mol. The first kappa shape index (κ1) is 14.6. The summed E-state index contributed by atoms with van der Waals surface area (Å²) < 4.78 is 40.0. The highest BCUT2D eigenvalue weighted by Gasteiger charge is 2.20. The van der Waals surface area contributed by atoms with Crippen LogP contribution in [0.3, 0.4) is 0 Å². The van der Waals surface area contributed by atoms with E-state index in [-0.39, 0.29) is 6.42 Å². The average molecular weight is 280 g/mol. The highest BCUT2D eigenvalue weighted by molar-refractivity contribution is 5.31. The topological polar surface area (TPSA) is 20.2 Å². The summed E-state index contributed by atoms with van der Waals surface area (Å²) in [6.45, 7) is 3.81. The van der Waals surface area contributed by atoms with Crippen molar-refractivity contribution in [3.8, 4) is 0 Å². The molecule has 2 rings (SSSR count). The van der Waals surface area contributed by atoms with Crippen LogP contribution in [-0.2, 0) is 6.42 Å². The Morgan fingerprint density at radius 3 is 1.90 bits per heavy atom. The Balaban J connectivity index is 2.30. The molecule has 0 amide bonds. The molecule has 0 aliphatic carbocycles. The predicted octanol–water partition coefficient (Wildman–Crippen LogP) is 4.00. The minimum Gasteiger partial charge on any atom is -0.388 e. The van der Waals surface area contributed by atoms with Gasteiger partial charge < -0.3 is 5.11 Å². The van der Waals surface area contributed by atoms with E-state index in [1.54, 1.807) is 0 Å². The molecular formula is C16H15F3O. The molecule has 0 fully saturated rings. The summed E-state index contributed by atoms with van der Waals surface area (Å²) in [5.74, 6) is -3.14. The molecule has 0 aliphatic rings. The number of rotatable bonds is 3. The van der Waals surface area contributed by atoms with E-state index < -0.39 is 29.1 Å². The molecule has 0 aromatic heterocycles. The van der Waals surface area contributed by atoms with E-state index in [4.69, 9.17) is 0 Å². The van der Waals surface area contributed by atoms with Crippen molar-refractivity contribution in [3.63, 3.8) is 0 Å². The Morgan fingerprint density at radius 1 is 0.900 bits per heavy atom. The van der Waals surface area contributed by atoms with Crippen LogP contribution in [0.2, 0.25) is 0 Å². The minimum absolute atomic E-state index is 0.0714. The van der Waals surface area contributed by atoms with Gasteiger partial charge in [0, 0.05) is 18.6 Å². The van der Waals surface area contributed by atoms with Crippen molar-refractivity contribution in [2.45, 2.75) is 26.4 Å². The van der Waals surface area contributed by atoms with Gasteiger partial charge in [0.05, 0.1) is 11.7 Å². The second kappa shape index (κ2) is 5.67. The summed E-state index contributed by atoms with van der Waals surface area (Å²) in [6.07, 6.45) is -1.28. The molecule has 0 bridgehead atoms. The van der Waals surface area contributed by atoms with Gasteiger partial charge in [0.25, 0.3) is 0 Å². The number of benzene rings is 2. The fourth-order valence-electron chi connectivity index (χ4n) is 2.38. The second-order valence-corrected chi connectivity index (χ2v) is 5.00. The third kappa shape index (κ3) is 3.20. The Labute approximate surface area is 115 Å². The highest BCUT2D eigenvalue weighted by Crippen LogP contribution is 2.25. The van der Waals surface area contributed by atoms with Crippen LogP contribution in [0.4, 0.5) is 13.2 Å². The van der Waals surface area contributed by atoms with Crippen molar-refractivity contribution < 1.29 is 18.3 Å². The Morgan fingerprint density at radius 2 is 1.40 bits per heavy atom. The lowest BCUT2D eigenvalue weighted by molar-refractivity contribution is 0.168. The molecule has 0 aliphatic heterocycles. The van der Waals surface area contributed by atoms with Gasteiger partial charge in [-0.15, -0.1) is 0 Å². The van der Waals surface area contributed by atoms with E-state index >= 15 is 0 Å². The number of aryl methyl sites for hydroxylation is 2. The largest absolute Gasteiger partial charge is 0.388 e. The lowest BCUT2D eigenvalue weighted by Crippen LogP contribution is -2.08. The van der Waals surface area contributed by atoms with Crippen molar-refractivity contribution in [2.75, 3.05) is 0 Å². The van der Waals surface area contributed by atoms with E-state index in [0.717, 1.165) is 16.7 Å². The summed E-state index contributed by atoms with van der Waals surface area (Å²) in [7, 11) is 0. The Kier molecular flexibility index (Phi) is 4.14. The first-order valence-corrected chi connectivity index (χ1v) is 6.26. The molecule has 1 nitrogen and oxygen atoms in total. The van der Waals surface area contributed by atoms with Gasteiger partial charge in [0.15, 0.2) is 0 Å². The molecule has 106 valence electrons. The fourth-order valence-corrected chi connectivity index (χ4v) is 2.38. The number of hydrogen-bond acceptors (Lipinski definition) is 1. The summed E-state index contributed by atoms with van der Waals surface area (Å²) in [5.41, 5.74) is 2.29. The smallest absolute Gasteiger partial charge is 0.134 e. The predicted molar refractivity (Wildman–Crippen MR) is 70.9 cm³/mol. The van der Waals surface area contributed by atoms with Crippen LogP contribution < -0.4 is 0 Å². The molecule has 0 saturated carbocycles. The molecule has 2 aromatic rings. The summed E-state index contributed by atoms with van der Waals surface area (Å²) >= 11 is 0. The van der Waals surface area contributed by atoms with Gasteiger partial charge in [0.2, 0.25) is 0 Å². The lowest BCUT2D eigenvalue weighted by atomic mass is 9.98. The normalized spacial score (nSPS) is 12.5. The number of halogens is 3. The molecule has 0 radical (unpaired) electrons. The quantitative estimate of drug-likeness (QED) is 0.901. The SMILES string of the molecule is Cc1cc(C)cc(CC(O)c2c(F)cc(F)cc2F)c1. The average Bonchev–Trinajstić information content (AvgIpc) is 2.25. The molecule has 2 aromatic carbocycles. The van der Waals surface area contributed by atoms with Crippen molar-refractivity contribution >= 4 is 0 Å². The van der Waals surface area contributed by atoms with Crippen molar-refractivity contribution in [2.24, 2.45) is 0 Å². The maximum Gasteiger partial charge on any atom is 0.134 e. The lowest BCUT2D eigenvalue weighted by Gasteiger charge is -2.14. The van der Waals surface area contributed by atoms with Crippen LogP contribution in [-0.4, -0.2) is 5.11 Å². The molecule has 1 unspecified atom stereocenters. The molecule has 1 atom stereocenters. The maximum absolute atomic E-state index is 13.6. The summed E-state index contributed by atoms with van der Waals surface area (Å²) in [4.78, 5) is 0. The van der Waals surface area contributed by atoms with Gasteiger partial charge in [-0.1, -0.05) is 29.3 Å². The van der Waals surface area contributed by atoms with Crippen molar-refractivity contribution in [1.82, 2.24) is 0 Å². The fraction of sp³-hybridized carbons (Fsp3) is 0.250. The second-order valence-electron chi connectivity index (χ2n) is 5.00. The first-order chi connectivity index (χ1) is 9.36. The van der Waals surface area contributed by atoms with Crippen LogP contribution in [0.25, 0.3) is 0 Å². The van der Waals surface area contributed by atoms with E-state index in [1.165, 1.54) is 0 Å². The maximum atomic E-state index is 13.6. The number of aliphatic hydroxyl groups excluding tert-OH is 1. The standard InChI is InChI=1S/C16H15F3O/c1-9-3-10(2)5-11(4-9)6-15(20)16-13(18)7-12(17)8-14(16)19/h3-5,7-8,15,20H,6H2,1-2H3. The molecule has 0 saturated heterocycles. The number of aliphatic hydroxyl groups is 1. The zero-order valence-electron chi connectivity index (χ0n) is 11.3. The summed E-state index contributed by atoms with van der Waals surface area (Å²) in [6, 6.07) is 6.80. The monoisotopic (exact) mass is 280 g/mol. The van der Waals surface area contributed by atoms with Gasteiger partial charge in [0.1, 0.15) is 17.5 Å². The molecule has 20 heavy (non-hydrogen) atoms.